The van der Waals surface area contributed by atoms with Crippen molar-refractivity contribution >= 4 is 45.5 Å². The lowest BCUT2D eigenvalue weighted by Crippen LogP contribution is -2.14. The summed E-state index contributed by atoms with van der Waals surface area (Å²) < 4.78 is 0. The Labute approximate surface area is 196 Å². The average Bonchev–Trinajstić information content (AvgIpc) is 2.86. The van der Waals surface area contributed by atoms with E-state index in [0.717, 1.165) is 27.7 Å². The number of amides is 1. The summed E-state index contributed by atoms with van der Waals surface area (Å²) in [4.78, 5) is 25.4. The fourth-order valence-corrected chi connectivity index (χ4v) is 3.67. The topological polar surface area (TPSA) is 91.8 Å². The highest BCUT2D eigenvalue weighted by Crippen LogP contribution is 2.22. The van der Waals surface area contributed by atoms with Gasteiger partial charge in [-0.25, -0.2) is 15.0 Å². The number of aromatic nitrogens is 3. The van der Waals surface area contributed by atoms with E-state index >= 15 is 0 Å². The number of benzene rings is 3. The van der Waals surface area contributed by atoms with E-state index in [-0.39, 0.29) is 5.91 Å². The Kier molecular flexibility index (Phi) is 6.07. The van der Waals surface area contributed by atoms with Crippen molar-refractivity contribution in [3.8, 4) is 0 Å². The quantitative estimate of drug-likeness (QED) is 0.297. The van der Waals surface area contributed by atoms with Crippen molar-refractivity contribution in [3.05, 3.63) is 109 Å². The minimum Gasteiger partial charge on any atom is -0.340 e. The predicted octanol–water partition coefficient (Wildman–Crippen LogP) is 5.69. The minimum atomic E-state index is -0.0573. The molecule has 0 aliphatic rings. The molecule has 0 saturated heterocycles. The molecule has 0 radical (unpaired) electrons. The van der Waals surface area contributed by atoms with Crippen molar-refractivity contribution in [1.29, 1.82) is 0 Å². The second-order valence-corrected chi connectivity index (χ2v) is 7.69. The Balaban J connectivity index is 1.21. The molecular formula is C27H22N6O. The van der Waals surface area contributed by atoms with Crippen molar-refractivity contribution < 1.29 is 4.79 Å². The van der Waals surface area contributed by atoms with Crippen LogP contribution >= 0.6 is 0 Å². The predicted molar refractivity (Wildman–Crippen MR) is 136 cm³/mol. The van der Waals surface area contributed by atoms with Gasteiger partial charge in [-0.15, -0.1) is 0 Å². The van der Waals surface area contributed by atoms with Gasteiger partial charge in [0, 0.05) is 23.6 Å². The number of anilines is 5. The fourth-order valence-electron chi connectivity index (χ4n) is 3.67. The molecule has 166 valence electrons. The molecule has 3 N–H and O–H groups in total. The number of fused-ring (bicyclic) bond motifs is 1. The largest absolute Gasteiger partial charge is 0.340 e. The Morgan fingerprint density at radius 3 is 2.24 bits per heavy atom. The van der Waals surface area contributed by atoms with Crippen molar-refractivity contribution in [3.63, 3.8) is 0 Å². The van der Waals surface area contributed by atoms with Gasteiger partial charge in [0.2, 0.25) is 5.91 Å². The maximum atomic E-state index is 12.6. The normalized spacial score (nSPS) is 10.6. The van der Waals surface area contributed by atoms with Crippen LogP contribution in [0.4, 0.5) is 28.8 Å². The van der Waals surface area contributed by atoms with Gasteiger partial charge < -0.3 is 16.0 Å². The van der Waals surface area contributed by atoms with E-state index in [0.29, 0.717) is 23.9 Å². The molecule has 1 amide bonds. The smallest absolute Gasteiger partial charge is 0.228 e. The second kappa shape index (κ2) is 9.79. The molecule has 7 heteroatoms. The first kappa shape index (κ1) is 21.1. The first-order valence-corrected chi connectivity index (χ1v) is 10.9. The van der Waals surface area contributed by atoms with E-state index in [1.165, 1.54) is 6.33 Å². The zero-order valence-corrected chi connectivity index (χ0v) is 18.3. The number of carbonyl (C=O) groups excluding carboxylic acids is 1. The molecule has 3 aromatic carbocycles. The summed E-state index contributed by atoms with van der Waals surface area (Å²) in [6.07, 6.45) is 3.51. The monoisotopic (exact) mass is 446 g/mol. The molecule has 7 nitrogen and oxygen atoms in total. The first-order valence-electron chi connectivity index (χ1n) is 10.9. The summed E-state index contributed by atoms with van der Waals surface area (Å²) in [5, 5.41) is 11.6. The number of hydrogen-bond acceptors (Lipinski definition) is 6. The third-order valence-electron chi connectivity index (χ3n) is 5.26. The number of pyridine rings is 1. The molecule has 2 aromatic heterocycles. The van der Waals surface area contributed by atoms with Gasteiger partial charge in [0.25, 0.3) is 0 Å². The van der Waals surface area contributed by atoms with Gasteiger partial charge in [-0.05, 0) is 52.7 Å². The molecule has 0 aliphatic carbocycles. The average molecular weight is 447 g/mol. The zero-order valence-electron chi connectivity index (χ0n) is 18.3. The maximum Gasteiger partial charge on any atom is 0.228 e. The summed E-state index contributed by atoms with van der Waals surface area (Å²) in [7, 11) is 0. The van der Waals surface area contributed by atoms with Gasteiger partial charge in [-0.3, -0.25) is 4.79 Å². The Hall–Kier alpha value is -4.78. The highest BCUT2D eigenvalue weighted by Gasteiger charge is 2.08. The summed E-state index contributed by atoms with van der Waals surface area (Å²) in [6, 6.07) is 29.0. The third-order valence-corrected chi connectivity index (χ3v) is 5.26. The molecule has 0 bridgehead atoms. The SMILES string of the molecule is O=C(Cc1cccc2ccccc12)Nc1ccc(Nc2cc(Nc3ccccn3)ncn2)cc1. The number of nitrogens with one attached hydrogen (secondary N) is 3. The van der Waals surface area contributed by atoms with E-state index in [1.807, 2.05) is 72.8 Å². The molecule has 5 rings (SSSR count). The van der Waals surface area contributed by atoms with Crippen LogP contribution in [0.1, 0.15) is 5.56 Å². The molecule has 0 saturated carbocycles. The Bertz CT molecular complexity index is 1420. The van der Waals surface area contributed by atoms with Crippen molar-refractivity contribution in [2.24, 2.45) is 0 Å². The standard InChI is InChI=1S/C27H22N6O/c34-27(16-20-8-5-7-19-6-1-2-9-23(19)20)32-22-13-11-21(12-14-22)31-25-17-26(30-18-29-25)33-24-10-3-4-15-28-24/h1-15,17-18H,16H2,(H,32,34)(H2,28,29,30,31,33). The summed E-state index contributed by atoms with van der Waals surface area (Å²) in [6.45, 7) is 0. The molecule has 0 spiro atoms. The van der Waals surface area contributed by atoms with Crippen LogP contribution < -0.4 is 16.0 Å². The molecule has 0 fully saturated rings. The molecule has 0 aliphatic heterocycles. The minimum absolute atomic E-state index is 0.0573. The Morgan fingerprint density at radius 2 is 1.41 bits per heavy atom. The lowest BCUT2D eigenvalue weighted by Gasteiger charge is -2.10. The number of nitrogens with zero attached hydrogens (tertiary/aromatic N) is 3. The van der Waals surface area contributed by atoms with Crippen LogP contribution in [-0.4, -0.2) is 20.9 Å². The van der Waals surface area contributed by atoms with Gasteiger partial charge in [-0.1, -0.05) is 48.5 Å². The lowest BCUT2D eigenvalue weighted by molar-refractivity contribution is -0.115. The van der Waals surface area contributed by atoms with Crippen LogP contribution in [0.5, 0.6) is 0 Å². The van der Waals surface area contributed by atoms with Crippen molar-refractivity contribution in [2.45, 2.75) is 6.42 Å². The van der Waals surface area contributed by atoms with Crippen LogP contribution in [-0.2, 0) is 11.2 Å². The maximum absolute atomic E-state index is 12.6. The lowest BCUT2D eigenvalue weighted by atomic mass is 10.0. The van der Waals surface area contributed by atoms with E-state index < -0.39 is 0 Å². The number of hydrogen-bond donors (Lipinski definition) is 3. The Morgan fingerprint density at radius 1 is 0.676 bits per heavy atom. The van der Waals surface area contributed by atoms with E-state index in [4.69, 9.17) is 0 Å². The first-order chi connectivity index (χ1) is 16.7. The van der Waals surface area contributed by atoms with Gasteiger partial charge in [0.15, 0.2) is 0 Å². The number of carbonyl (C=O) groups is 1. The van der Waals surface area contributed by atoms with Gasteiger partial charge in [-0.2, -0.15) is 0 Å². The summed E-state index contributed by atoms with van der Waals surface area (Å²) in [5.41, 5.74) is 2.58. The second-order valence-electron chi connectivity index (χ2n) is 7.69. The van der Waals surface area contributed by atoms with Crippen LogP contribution in [0.2, 0.25) is 0 Å². The van der Waals surface area contributed by atoms with Gasteiger partial charge in [0.1, 0.15) is 23.8 Å². The van der Waals surface area contributed by atoms with E-state index in [1.54, 1.807) is 12.3 Å². The van der Waals surface area contributed by atoms with Crippen LogP contribution in [0.3, 0.4) is 0 Å². The molecule has 5 aromatic rings. The van der Waals surface area contributed by atoms with Gasteiger partial charge in [0.05, 0.1) is 6.42 Å². The molecule has 2 heterocycles. The summed E-state index contributed by atoms with van der Waals surface area (Å²) >= 11 is 0. The van der Waals surface area contributed by atoms with E-state index in [9.17, 15) is 4.79 Å². The highest BCUT2D eigenvalue weighted by molar-refractivity contribution is 5.96. The molecule has 34 heavy (non-hydrogen) atoms. The highest BCUT2D eigenvalue weighted by atomic mass is 16.1. The number of rotatable bonds is 7. The van der Waals surface area contributed by atoms with Crippen LogP contribution in [0, 0.1) is 0 Å². The molecule has 0 unspecified atom stereocenters. The van der Waals surface area contributed by atoms with Crippen molar-refractivity contribution in [2.75, 3.05) is 16.0 Å². The molecule has 0 atom stereocenters. The molecular weight excluding hydrogens is 424 g/mol. The van der Waals surface area contributed by atoms with Gasteiger partial charge >= 0.3 is 0 Å². The van der Waals surface area contributed by atoms with Crippen molar-refractivity contribution in [1.82, 2.24) is 15.0 Å². The van der Waals surface area contributed by atoms with Crippen LogP contribution in [0.25, 0.3) is 10.8 Å². The zero-order chi connectivity index (χ0) is 23.2. The van der Waals surface area contributed by atoms with E-state index in [2.05, 4.69) is 43.0 Å². The fraction of sp³-hybridized carbons (Fsp3) is 0.0370. The van der Waals surface area contributed by atoms with Crippen LogP contribution in [0.15, 0.2) is 104 Å². The summed E-state index contributed by atoms with van der Waals surface area (Å²) in [5.74, 6) is 1.92. The third kappa shape index (κ3) is 5.16.